The first kappa shape index (κ1) is 11.0. The Morgan fingerprint density at radius 3 is 2.88 bits per heavy atom. The molecular formula is C11H10BrN3O. The molecule has 0 amide bonds. The average molecular weight is 280 g/mol. The molecule has 82 valence electrons. The Bertz CT molecular complexity index is 476. The van der Waals surface area contributed by atoms with Crippen LogP contribution < -0.4 is 10.5 Å². The molecule has 0 saturated heterocycles. The Hall–Kier alpha value is -1.46. The highest BCUT2D eigenvalue weighted by atomic mass is 79.9. The van der Waals surface area contributed by atoms with E-state index in [9.17, 15) is 0 Å². The van der Waals surface area contributed by atoms with Crippen LogP contribution in [0.2, 0.25) is 0 Å². The van der Waals surface area contributed by atoms with E-state index in [0.29, 0.717) is 18.2 Å². The maximum absolute atomic E-state index is 5.64. The lowest BCUT2D eigenvalue weighted by Gasteiger charge is -2.08. The van der Waals surface area contributed by atoms with Gasteiger partial charge in [-0.25, -0.2) is 0 Å². The molecule has 16 heavy (non-hydrogen) atoms. The summed E-state index contributed by atoms with van der Waals surface area (Å²) in [6.45, 7) is 0.412. The lowest BCUT2D eigenvalue weighted by molar-refractivity contribution is 0.449. The van der Waals surface area contributed by atoms with Gasteiger partial charge in [0, 0.05) is 28.8 Å². The zero-order valence-electron chi connectivity index (χ0n) is 8.43. The van der Waals surface area contributed by atoms with E-state index in [4.69, 9.17) is 10.5 Å². The number of halogens is 1. The minimum Gasteiger partial charge on any atom is -0.437 e. The minimum absolute atomic E-state index is 0.412. The Balaban J connectivity index is 2.28. The van der Waals surface area contributed by atoms with Gasteiger partial charge in [-0.15, -0.1) is 5.10 Å². The summed E-state index contributed by atoms with van der Waals surface area (Å²) in [7, 11) is 0. The van der Waals surface area contributed by atoms with Crippen LogP contribution in [-0.2, 0) is 6.54 Å². The highest BCUT2D eigenvalue weighted by Crippen LogP contribution is 2.26. The summed E-state index contributed by atoms with van der Waals surface area (Å²) in [5.41, 5.74) is 6.55. The highest BCUT2D eigenvalue weighted by Gasteiger charge is 2.05. The zero-order valence-corrected chi connectivity index (χ0v) is 10.0. The summed E-state index contributed by atoms with van der Waals surface area (Å²) < 4.78 is 6.55. The molecule has 0 radical (unpaired) electrons. The minimum atomic E-state index is 0.412. The van der Waals surface area contributed by atoms with Crippen molar-refractivity contribution in [3.8, 4) is 11.6 Å². The third kappa shape index (κ3) is 2.56. The molecular weight excluding hydrogens is 270 g/mol. The number of nitrogens with zero attached hydrogens (tertiary/aromatic N) is 2. The molecule has 5 heteroatoms. The van der Waals surface area contributed by atoms with Gasteiger partial charge in [-0.2, -0.15) is 5.10 Å². The van der Waals surface area contributed by atoms with Crippen molar-refractivity contribution in [3.63, 3.8) is 0 Å². The lowest BCUT2D eigenvalue weighted by Crippen LogP contribution is -2.00. The number of rotatable bonds is 3. The van der Waals surface area contributed by atoms with Gasteiger partial charge >= 0.3 is 0 Å². The van der Waals surface area contributed by atoms with E-state index >= 15 is 0 Å². The van der Waals surface area contributed by atoms with Crippen molar-refractivity contribution in [1.82, 2.24) is 10.2 Å². The molecule has 0 aliphatic heterocycles. The molecule has 2 rings (SSSR count). The van der Waals surface area contributed by atoms with Gasteiger partial charge in [0.15, 0.2) is 0 Å². The van der Waals surface area contributed by atoms with E-state index in [1.807, 2.05) is 18.2 Å². The predicted molar refractivity (Wildman–Crippen MR) is 64.1 cm³/mol. The summed E-state index contributed by atoms with van der Waals surface area (Å²) in [6, 6.07) is 9.18. The monoisotopic (exact) mass is 279 g/mol. The van der Waals surface area contributed by atoms with Crippen LogP contribution in [0.25, 0.3) is 0 Å². The number of aromatic nitrogens is 2. The third-order valence-corrected chi connectivity index (χ3v) is 2.50. The number of hydrogen-bond donors (Lipinski definition) is 1. The van der Waals surface area contributed by atoms with Crippen LogP contribution in [0.3, 0.4) is 0 Å². The molecule has 2 N–H and O–H groups in total. The van der Waals surface area contributed by atoms with Crippen molar-refractivity contribution in [2.24, 2.45) is 5.73 Å². The van der Waals surface area contributed by atoms with Gasteiger partial charge in [0.1, 0.15) is 5.75 Å². The molecule has 0 unspecified atom stereocenters. The van der Waals surface area contributed by atoms with Crippen LogP contribution in [0.5, 0.6) is 11.6 Å². The van der Waals surface area contributed by atoms with E-state index in [-0.39, 0.29) is 0 Å². The first-order valence-corrected chi connectivity index (χ1v) is 5.53. The topological polar surface area (TPSA) is 61.0 Å². The molecule has 4 nitrogen and oxygen atoms in total. The van der Waals surface area contributed by atoms with Gasteiger partial charge in [0.25, 0.3) is 0 Å². The molecule has 0 atom stereocenters. The lowest BCUT2D eigenvalue weighted by atomic mass is 10.2. The van der Waals surface area contributed by atoms with Crippen LogP contribution in [0.4, 0.5) is 0 Å². The first-order chi connectivity index (χ1) is 7.79. The fourth-order valence-corrected chi connectivity index (χ4v) is 1.67. The van der Waals surface area contributed by atoms with Crippen LogP contribution in [0.15, 0.2) is 41.0 Å². The summed E-state index contributed by atoms with van der Waals surface area (Å²) in [6.07, 6.45) is 1.60. The Kier molecular flexibility index (Phi) is 3.48. The standard InChI is InChI=1S/C11H10BrN3O/c12-9-3-4-10(8(6-9)7-13)16-11-2-1-5-14-15-11/h1-6H,7,13H2. The molecule has 0 spiro atoms. The van der Waals surface area contributed by atoms with Gasteiger partial charge < -0.3 is 10.5 Å². The number of nitrogens with two attached hydrogens (primary N) is 1. The highest BCUT2D eigenvalue weighted by molar-refractivity contribution is 9.10. The van der Waals surface area contributed by atoms with Crippen molar-refractivity contribution in [2.45, 2.75) is 6.54 Å². The number of ether oxygens (including phenoxy) is 1. The van der Waals surface area contributed by atoms with Gasteiger partial charge in [-0.1, -0.05) is 15.9 Å². The third-order valence-electron chi connectivity index (χ3n) is 2.00. The van der Waals surface area contributed by atoms with Crippen LogP contribution >= 0.6 is 15.9 Å². The Morgan fingerprint density at radius 2 is 2.19 bits per heavy atom. The molecule has 1 aromatic heterocycles. The second-order valence-corrected chi connectivity index (χ2v) is 4.04. The first-order valence-electron chi connectivity index (χ1n) is 4.73. The van der Waals surface area contributed by atoms with Crippen molar-refractivity contribution < 1.29 is 4.74 Å². The van der Waals surface area contributed by atoms with E-state index < -0.39 is 0 Å². The molecule has 1 aromatic carbocycles. The normalized spacial score (nSPS) is 10.1. The SMILES string of the molecule is NCc1cc(Br)ccc1Oc1cccnn1. The zero-order chi connectivity index (χ0) is 11.4. The van der Waals surface area contributed by atoms with Gasteiger partial charge in [-0.05, 0) is 24.3 Å². The summed E-state index contributed by atoms with van der Waals surface area (Å²) in [4.78, 5) is 0. The molecule has 1 heterocycles. The molecule has 0 aliphatic carbocycles. The largest absolute Gasteiger partial charge is 0.437 e. The van der Waals surface area contributed by atoms with Crippen molar-refractivity contribution in [2.75, 3.05) is 0 Å². The molecule has 0 saturated carbocycles. The van der Waals surface area contributed by atoms with Crippen LogP contribution in [0.1, 0.15) is 5.56 Å². The quantitative estimate of drug-likeness (QED) is 0.938. The summed E-state index contributed by atoms with van der Waals surface area (Å²) in [5.74, 6) is 1.16. The predicted octanol–water partition coefficient (Wildman–Crippen LogP) is 2.49. The van der Waals surface area contributed by atoms with Crippen molar-refractivity contribution in [3.05, 3.63) is 46.6 Å². The van der Waals surface area contributed by atoms with Gasteiger partial charge in [0.05, 0.1) is 0 Å². The van der Waals surface area contributed by atoms with Crippen LogP contribution in [0, 0.1) is 0 Å². The molecule has 2 aromatic rings. The van der Waals surface area contributed by atoms with E-state index in [2.05, 4.69) is 26.1 Å². The summed E-state index contributed by atoms with van der Waals surface area (Å²) in [5, 5.41) is 7.59. The van der Waals surface area contributed by atoms with Crippen molar-refractivity contribution >= 4 is 15.9 Å². The fourth-order valence-electron chi connectivity index (χ4n) is 1.26. The maximum atomic E-state index is 5.64. The second kappa shape index (κ2) is 5.05. The van der Waals surface area contributed by atoms with Crippen LogP contribution in [-0.4, -0.2) is 10.2 Å². The van der Waals surface area contributed by atoms with Gasteiger partial charge in [0.2, 0.25) is 5.88 Å². The second-order valence-electron chi connectivity index (χ2n) is 3.12. The Labute approximate surface area is 102 Å². The fraction of sp³-hybridized carbons (Fsp3) is 0.0909. The average Bonchev–Trinajstić information content (AvgIpc) is 2.33. The van der Waals surface area contributed by atoms with Gasteiger partial charge in [-0.3, -0.25) is 0 Å². The molecule has 0 fully saturated rings. The van der Waals surface area contributed by atoms with E-state index in [1.165, 1.54) is 0 Å². The smallest absolute Gasteiger partial charge is 0.238 e. The molecule has 0 bridgehead atoms. The van der Waals surface area contributed by atoms with E-state index in [0.717, 1.165) is 10.0 Å². The number of hydrogen-bond acceptors (Lipinski definition) is 4. The van der Waals surface area contributed by atoms with E-state index in [1.54, 1.807) is 18.3 Å². The maximum Gasteiger partial charge on any atom is 0.238 e. The summed E-state index contributed by atoms with van der Waals surface area (Å²) >= 11 is 3.38. The molecule has 0 aliphatic rings. The van der Waals surface area contributed by atoms with Crippen molar-refractivity contribution in [1.29, 1.82) is 0 Å². The number of benzene rings is 1. The Morgan fingerprint density at radius 1 is 1.31 bits per heavy atom.